The predicted octanol–water partition coefficient (Wildman–Crippen LogP) is 2.79. The molecular formula is C14H17ClN2O2. The molecule has 0 atom stereocenters. The summed E-state index contributed by atoms with van der Waals surface area (Å²) in [6, 6.07) is 5.72. The second-order valence-electron chi connectivity index (χ2n) is 4.20. The number of methoxy groups -OCH3 is 1. The number of alkyl halides is 1. The summed E-state index contributed by atoms with van der Waals surface area (Å²) in [5.41, 5.74) is 2.08. The van der Waals surface area contributed by atoms with Crippen LogP contribution >= 0.6 is 11.6 Å². The van der Waals surface area contributed by atoms with Gasteiger partial charge in [-0.05, 0) is 11.6 Å². The molecule has 0 saturated carbocycles. The Morgan fingerprint density at radius 2 is 2.21 bits per heavy atom. The molecule has 19 heavy (non-hydrogen) atoms. The van der Waals surface area contributed by atoms with E-state index in [2.05, 4.69) is 5.10 Å². The third-order valence-electron chi connectivity index (χ3n) is 2.82. The van der Waals surface area contributed by atoms with Gasteiger partial charge in [-0.3, -0.25) is 4.68 Å². The smallest absolute Gasteiger partial charge is 0.165 e. The fourth-order valence-electron chi connectivity index (χ4n) is 1.86. The number of nitrogens with zero attached hydrogens (tertiary/aromatic N) is 2. The zero-order chi connectivity index (χ0) is 13.7. The summed E-state index contributed by atoms with van der Waals surface area (Å²) < 4.78 is 12.9. The molecule has 0 spiro atoms. The molecule has 0 bridgehead atoms. The van der Waals surface area contributed by atoms with Crippen LogP contribution in [-0.2, 0) is 19.3 Å². The van der Waals surface area contributed by atoms with Crippen LogP contribution in [0, 0.1) is 0 Å². The van der Waals surface area contributed by atoms with Crippen LogP contribution in [0.15, 0.2) is 30.6 Å². The SMILES string of the molecule is COc1cccc(CCl)c1OCCc1cnn(C)c1. The van der Waals surface area contributed by atoms with Crippen LogP contribution in [0.4, 0.5) is 0 Å². The van der Waals surface area contributed by atoms with Gasteiger partial charge in [-0.25, -0.2) is 0 Å². The van der Waals surface area contributed by atoms with E-state index >= 15 is 0 Å². The molecular weight excluding hydrogens is 264 g/mol. The number of hydrogen-bond donors (Lipinski definition) is 0. The third kappa shape index (κ3) is 3.41. The van der Waals surface area contributed by atoms with Gasteiger partial charge in [-0.15, -0.1) is 11.6 Å². The van der Waals surface area contributed by atoms with Crippen LogP contribution in [-0.4, -0.2) is 23.5 Å². The Bertz CT molecular complexity index is 518. The monoisotopic (exact) mass is 280 g/mol. The molecule has 0 saturated heterocycles. The molecule has 0 aliphatic rings. The van der Waals surface area contributed by atoms with E-state index in [9.17, 15) is 0 Å². The maximum absolute atomic E-state index is 5.91. The van der Waals surface area contributed by atoms with Crippen molar-refractivity contribution in [1.29, 1.82) is 0 Å². The molecule has 1 aromatic carbocycles. The minimum atomic E-state index is 0.402. The van der Waals surface area contributed by atoms with Gasteiger partial charge in [0.05, 0.1) is 25.8 Å². The number of benzene rings is 1. The lowest BCUT2D eigenvalue weighted by Gasteiger charge is -2.13. The molecule has 0 aliphatic carbocycles. The van der Waals surface area contributed by atoms with Crippen molar-refractivity contribution in [3.05, 3.63) is 41.7 Å². The van der Waals surface area contributed by atoms with Crippen LogP contribution in [0.5, 0.6) is 11.5 Å². The number of hydrogen-bond acceptors (Lipinski definition) is 3. The molecule has 0 fully saturated rings. The molecule has 0 amide bonds. The van der Waals surface area contributed by atoms with E-state index in [1.165, 1.54) is 0 Å². The number of aromatic nitrogens is 2. The van der Waals surface area contributed by atoms with Gasteiger partial charge < -0.3 is 9.47 Å². The van der Waals surface area contributed by atoms with Crippen LogP contribution in [0.1, 0.15) is 11.1 Å². The van der Waals surface area contributed by atoms with Gasteiger partial charge in [0, 0.05) is 25.2 Å². The Balaban J connectivity index is 2.02. The summed E-state index contributed by atoms with van der Waals surface area (Å²) in [5, 5.41) is 4.13. The first-order valence-corrected chi connectivity index (χ1v) is 6.60. The summed E-state index contributed by atoms with van der Waals surface area (Å²) in [6.07, 6.45) is 4.62. The van der Waals surface area contributed by atoms with E-state index < -0.39 is 0 Å². The summed E-state index contributed by atoms with van der Waals surface area (Å²) in [5.74, 6) is 1.84. The molecule has 102 valence electrons. The third-order valence-corrected chi connectivity index (χ3v) is 3.11. The maximum Gasteiger partial charge on any atom is 0.165 e. The van der Waals surface area contributed by atoms with Crippen LogP contribution < -0.4 is 9.47 Å². The molecule has 2 aromatic rings. The molecule has 1 heterocycles. The Kier molecular flexibility index (Phi) is 4.68. The maximum atomic E-state index is 5.91. The van der Waals surface area contributed by atoms with E-state index in [4.69, 9.17) is 21.1 Å². The van der Waals surface area contributed by atoms with Crippen LogP contribution in [0.3, 0.4) is 0 Å². The van der Waals surface area contributed by atoms with E-state index in [1.807, 2.05) is 37.6 Å². The minimum Gasteiger partial charge on any atom is -0.493 e. The lowest BCUT2D eigenvalue weighted by molar-refractivity contribution is 0.295. The highest BCUT2D eigenvalue weighted by molar-refractivity contribution is 6.17. The first-order valence-electron chi connectivity index (χ1n) is 6.06. The van der Waals surface area contributed by atoms with Gasteiger partial charge in [0.15, 0.2) is 11.5 Å². The van der Waals surface area contributed by atoms with Gasteiger partial charge >= 0.3 is 0 Å². The van der Waals surface area contributed by atoms with Crippen molar-refractivity contribution >= 4 is 11.6 Å². The van der Waals surface area contributed by atoms with Gasteiger partial charge in [0.25, 0.3) is 0 Å². The molecule has 5 heteroatoms. The normalized spacial score (nSPS) is 10.5. The zero-order valence-electron chi connectivity index (χ0n) is 11.1. The number of halogens is 1. The Labute approximate surface area is 117 Å². The lowest BCUT2D eigenvalue weighted by atomic mass is 10.2. The predicted molar refractivity (Wildman–Crippen MR) is 75.0 cm³/mol. The average molecular weight is 281 g/mol. The quantitative estimate of drug-likeness (QED) is 0.764. The zero-order valence-corrected chi connectivity index (χ0v) is 11.9. The fourth-order valence-corrected chi connectivity index (χ4v) is 2.07. The van der Waals surface area contributed by atoms with Crippen molar-refractivity contribution < 1.29 is 9.47 Å². The topological polar surface area (TPSA) is 36.3 Å². The summed E-state index contributed by atoms with van der Waals surface area (Å²) in [6.45, 7) is 0.565. The van der Waals surface area contributed by atoms with Crippen molar-refractivity contribution in [3.63, 3.8) is 0 Å². The molecule has 2 rings (SSSR count). The van der Waals surface area contributed by atoms with Crippen molar-refractivity contribution in [3.8, 4) is 11.5 Å². The number of rotatable bonds is 6. The van der Waals surface area contributed by atoms with Crippen LogP contribution in [0.25, 0.3) is 0 Å². The summed E-state index contributed by atoms with van der Waals surface area (Å²) in [7, 11) is 3.53. The van der Waals surface area contributed by atoms with Gasteiger partial charge in [0.1, 0.15) is 0 Å². The largest absolute Gasteiger partial charge is 0.493 e. The fraction of sp³-hybridized carbons (Fsp3) is 0.357. The van der Waals surface area contributed by atoms with E-state index in [0.29, 0.717) is 18.2 Å². The standard InChI is InChI=1S/C14H17ClN2O2/c1-17-10-11(9-16-17)6-7-19-14-12(8-15)4-3-5-13(14)18-2/h3-5,9-10H,6-8H2,1-2H3. The van der Waals surface area contributed by atoms with Crippen molar-refractivity contribution in [2.45, 2.75) is 12.3 Å². The first-order chi connectivity index (χ1) is 9.24. The summed E-state index contributed by atoms with van der Waals surface area (Å²) >= 11 is 5.91. The molecule has 1 aromatic heterocycles. The number of ether oxygens (including phenoxy) is 2. The second-order valence-corrected chi connectivity index (χ2v) is 4.47. The highest BCUT2D eigenvalue weighted by Crippen LogP contribution is 2.32. The van der Waals surface area contributed by atoms with Gasteiger partial charge in [0.2, 0.25) is 0 Å². The molecule has 4 nitrogen and oxygen atoms in total. The highest BCUT2D eigenvalue weighted by atomic mass is 35.5. The van der Waals surface area contributed by atoms with Crippen molar-refractivity contribution in [1.82, 2.24) is 9.78 Å². The van der Waals surface area contributed by atoms with Crippen LogP contribution in [0.2, 0.25) is 0 Å². The molecule has 0 unspecified atom stereocenters. The molecule has 0 aliphatic heterocycles. The Morgan fingerprint density at radius 3 is 2.84 bits per heavy atom. The first kappa shape index (κ1) is 13.7. The van der Waals surface area contributed by atoms with Crippen molar-refractivity contribution in [2.75, 3.05) is 13.7 Å². The Hall–Kier alpha value is -1.68. The van der Waals surface area contributed by atoms with E-state index in [0.717, 1.165) is 23.3 Å². The highest BCUT2D eigenvalue weighted by Gasteiger charge is 2.09. The number of aryl methyl sites for hydroxylation is 1. The minimum absolute atomic E-state index is 0.402. The number of para-hydroxylation sites is 1. The van der Waals surface area contributed by atoms with Gasteiger partial charge in [-0.1, -0.05) is 12.1 Å². The van der Waals surface area contributed by atoms with Crippen molar-refractivity contribution in [2.24, 2.45) is 7.05 Å². The molecule has 0 N–H and O–H groups in total. The second kappa shape index (κ2) is 6.48. The van der Waals surface area contributed by atoms with E-state index in [-0.39, 0.29) is 0 Å². The van der Waals surface area contributed by atoms with E-state index in [1.54, 1.807) is 11.8 Å². The van der Waals surface area contributed by atoms with Gasteiger partial charge in [-0.2, -0.15) is 5.10 Å². The Morgan fingerprint density at radius 1 is 1.37 bits per heavy atom. The lowest BCUT2D eigenvalue weighted by Crippen LogP contribution is -2.04. The average Bonchev–Trinajstić information content (AvgIpc) is 2.84. The molecule has 0 radical (unpaired) electrons. The summed E-state index contributed by atoms with van der Waals surface area (Å²) in [4.78, 5) is 0.